The first-order valence-electron chi connectivity index (χ1n) is 9.66. The summed E-state index contributed by atoms with van der Waals surface area (Å²) < 4.78 is 23.8. The van der Waals surface area contributed by atoms with Gasteiger partial charge in [0, 0.05) is 21.6 Å². The highest BCUT2D eigenvalue weighted by atomic mass is 79.9. The molecular formula is C21H19BrClN3O5. The summed E-state index contributed by atoms with van der Waals surface area (Å²) in [6, 6.07) is 9.19. The molecule has 0 amide bonds. The second kappa shape index (κ2) is 8.40. The third kappa shape index (κ3) is 3.92. The van der Waals surface area contributed by atoms with Crippen molar-refractivity contribution in [2.75, 3.05) is 25.6 Å². The van der Waals surface area contributed by atoms with Gasteiger partial charge in [0.15, 0.2) is 17.6 Å². The summed E-state index contributed by atoms with van der Waals surface area (Å²) in [6.45, 7) is 0.570. The number of fused-ring (bicyclic) bond motifs is 2. The summed E-state index contributed by atoms with van der Waals surface area (Å²) in [7, 11) is 1.57. The highest BCUT2D eigenvalue weighted by molar-refractivity contribution is 9.10. The highest BCUT2D eigenvalue weighted by Crippen LogP contribution is 2.38. The van der Waals surface area contributed by atoms with Crippen molar-refractivity contribution in [3.8, 4) is 11.5 Å². The van der Waals surface area contributed by atoms with Crippen LogP contribution >= 0.6 is 27.5 Å². The van der Waals surface area contributed by atoms with E-state index < -0.39 is 6.10 Å². The van der Waals surface area contributed by atoms with Gasteiger partial charge < -0.3 is 29.4 Å². The molecule has 2 aliphatic heterocycles. The van der Waals surface area contributed by atoms with E-state index in [0.717, 1.165) is 15.5 Å². The number of ether oxygens (including phenoxy) is 4. The molecule has 162 valence electrons. The Hall–Kier alpha value is -2.17. The molecule has 4 atom stereocenters. The normalized spacial score (nSPS) is 24.9. The maximum Gasteiger partial charge on any atom is 0.164 e. The van der Waals surface area contributed by atoms with Crippen molar-refractivity contribution in [3.05, 3.63) is 46.2 Å². The molecular weight excluding hydrogens is 490 g/mol. The van der Waals surface area contributed by atoms with Crippen molar-refractivity contribution in [1.82, 2.24) is 9.97 Å². The van der Waals surface area contributed by atoms with Gasteiger partial charge in [0.1, 0.15) is 30.5 Å². The first-order chi connectivity index (χ1) is 15.0. The Labute approximate surface area is 191 Å². The minimum Gasteiger partial charge on any atom is -0.493 e. The van der Waals surface area contributed by atoms with Crippen LogP contribution in [0.1, 0.15) is 0 Å². The number of nitrogens with zero attached hydrogens (tertiary/aromatic N) is 2. The molecule has 2 saturated heterocycles. The molecule has 2 fully saturated rings. The number of methoxy groups -OCH3 is 1. The molecule has 1 aromatic heterocycles. The minimum absolute atomic E-state index is 0.242. The summed E-state index contributed by atoms with van der Waals surface area (Å²) in [5.74, 6) is 1.66. The topological polar surface area (TPSA) is 95.0 Å². The zero-order valence-corrected chi connectivity index (χ0v) is 18.8. The van der Waals surface area contributed by atoms with E-state index in [1.165, 1.54) is 6.33 Å². The van der Waals surface area contributed by atoms with Crippen LogP contribution in [-0.4, -0.2) is 59.8 Å². The first kappa shape index (κ1) is 20.7. The van der Waals surface area contributed by atoms with E-state index in [-0.39, 0.29) is 24.9 Å². The molecule has 2 unspecified atom stereocenters. The van der Waals surface area contributed by atoms with Crippen molar-refractivity contribution in [3.63, 3.8) is 0 Å². The second-order valence-corrected chi connectivity index (χ2v) is 8.58. The minimum atomic E-state index is -0.634. The van der Waals surface area contributed by atoms with E-state index >= 15 is 0 Å². The smallest absolute Gasteiger partial charge is 0.164 e. The van der Waals surface area contributed by atoms with E-state index in [1.54, 1.807) is 19.2 Å². The van der Waals surface area contributed by atoms with Crippen LogP contribution < -0.4 is 14.8 Å². The number of rotatable bonds is 5. The van der Waals surface area contributed by atoms with Gasteiger partial charge in [-0.05, 0) is 40.2 Å². The molecule has 0 saturated carbocycles. The molecule has 0 spiro atoms. The Morgan fingerprint density at radius 1 is 1.13 bits per heavy atom. The van der Waals surface area contributed by atoms with Crippen LogP contribution in [0.25, 0.3) is 10.9 Å². The van der Waals surface area contributed by atoms with E-state index in [4.69, 9.17) is 30.5 Å². The van der Waals surface area contributed by atoms with E-state index in [1.807, 2.05) is 18.2 Å². The van der Waals surface area contributed by atoms with Crippen molar-refractivity contribution in [2.45, 2.75) is 24.4 Å². The van der Waals surface area contributed by atoms with Gasteiger partial charge in [-0.2, -0.15) is 0 Å². The molecule has 0 aliphatic carbocycles. The average molecular weight is 509 g/mol. The molecule has 2 N–H and O–H groups in total. The highest BCUT2D eigenvalue weighted by Gasteiger charge is 2.48. The van der Waals surface area contributed by atoms with Gasteiger partial charge >= 0.3 is 0 Å². The summed E-state index contributed by atoms with van der Waals surface area (Å²) in [5.41, 5.74) is 1.47. The van der Waals surface area contributed by atoms with Crippen LogP contribution in [0.4, 0.5) is 11.5 Å². The molecule has 3 aromatic rings. The number of anilines is 2. The lowest BCUT2D eigenvalue weighted by Gasteiger charge is -2.20. The van der Waals surface area contributed by atoms with Crippen LogP contribution in [0, 0.1) is 0 Å². The third-order valence-corrected chi connectivity index (χ3v) is 6.60. The molecule has 0 radical (unpaired) electrons. The number of nitrogens with one attached hydrogen (secondary N) is 1. The molecule has 2 aromatic carbocycles. The van der Waals surface area contributed by atoms with Crippen LogP contribution in [0.5, 0.6) is 11.5 Å². The molecule has 3 heterocycles. The molecule has 31 heavy (non-hydrogen) atoms. The Balaban J connectivity index is 1.45. The number of aliphatic hydroxyl groups excluding tert-OH is 1. The number of aliphatic hydroxyl groups is 1. The van der Waals surface area contributed by atoms with Gasteiger partial charge in [-0.15, -0.1) is 0 Å². The van der Waals surface area contributed by atoms with Crippen molar-refractivity contribution in [1.29, 1.82) is 0 Å². The number of hydrogen-bond acceptors (Lipinski definition) is 8. The number of hydrogen-bond donors (Lipinski definition) is 2. The Morgan fingerprint density at radius 2 is 1.97 bits per heavy atom. The SMILES string of the molecule is COc1cc2c(Nc3ccc(Br)c(Cl)c3)ncnc2cc1O[C@@H]1COC2C1OC[C@@H]2O. The fourth-order valence-electron chi connectivity index (χ4n) is 3.83. The van der Waals surface area contributed by atoms with E-state index in [2.05, 4.69) is 31.2 Å². The molecule has 0 bridgehead atoms. The van der Waals surface area contributed by atoms with Crippen LogP contribution in [0.15, 0.2) is 41.1 Å². The Kier molecular flexibility index (Phi) is 5.61. The summed E-state index contributed by atoms with van der Waals surface area (Å²) in [5, 5.41) is 14.6. The second-order valence-electron chi connectivity index (χ2n) is 7.32. The number of aromatic nitrogens is 2. The molecule has 2 aliphatic rings. The lowest BCUT2D eigenvalue weighted by Crippen LogP contribution is -2.34. The quantitative estimate of drug-likeness (QED) is 0.539. The predicted octanol–water partition coefficient (Wildman–Crippen LogP) is 3.70. The zero-order chi connectivity index (χ0) is 21.5. The van der Waals surface area contributed by atoms with Crippen molar-refractivity contribution < 1.29 is 24.1 Å². The molecule has 8 nitrogen and oxygen atoms in total. The monoisotopic (exact) mass is 507 g/mol. The fourth-order valence-corrected chi connectivity index (χ4v) is 4.26. The van der Waals surface area contributed by atoms with Crippen LogP contribution in [0.3, 0.4) is 0 Å². The predicted molar refractivity (Wildman–Crippen MR) is 118 cm³/mol. The van der Waals surface area contributed by atoms with E-state index in [9.17, 15) is 5.11 Å². The van der Waals surface area contributed by atoms with Crippen molar-refractivity contribution in [2.24, 2.45) is 0 Å². The number of halogens is 2. The average Bonchev–Trinajstić information content (AvgIpc) is 3.34. The summed E-state index contributed by atoms with van der Waals surface area (Å²) >= 11 is 9.59. The van der Waals surface area contributed by atoms with Crippen molar-refractivity contribution >= 4 is 49.9 Å². The lowest BCUT2D eigenvalue weighted by molar-refractivity contribution is 0.00823. The van der Waals surface area contributed by atoms with Gasteiger partial charge in [0.2, 0.25) is 0 Å². The Bertz CT molecular complexity index is 1130. The van der Waals surface area contributed by atoms with E-state index in [0.29, 0.717) is 34.5 Å². The summed E-state index contributed by atoms with van der Waals surface area (Å²) in [6.07, 6.45) is -0.192. The fraction of sp³-hybridized carbons (Fsp3) is 0.333. The van der Waals surface area contributed by atoms with Gasteiger partial charge in [0.05, 0.1) is 30.9 Å². The maximum absolute atomic E-state index is 9.94. The number of benzene rings is 2. The van der Waals surface area contributed by atoms with Gasteiger partial charge in [-0.3, -0.25) is 0 Å². The lowest BCUT2D eigenvalue weighted by atomic mass is 10.1. The van der Waals surface area contributed by atoms with Gasteiger partial charge in [-0.25, -0.2) is 9.97 Å². The van der Waals surface area contributed by atoms with Gasteiger partial charge in [0.25, 0.3) is 0 Å². The van der Waals surface area contributed by atoms with Gasteiger partial charge in [-0.1, -0.05) is 11.6 Å². The summed E-state index contributed by atoms with van der Waals surface area (Å²) in [4.78, 5) is 8.75. The zero-order valence-electron chi connectivity index (χ0n) is 16.4. The molecule has 5 rings (SSSR count). The van der Waals surface area contributed by atoms with Crippen LogP contribution in [-0.2, 0) is 9.47 Å². The standard InChI is InChI=1S/C21H19BrClN3O5/c1-28-16-5-11-14(6-17(16)31-18-8-30-19-15(27)7-29-20(18)19)24-9-25-21(11)26-10-2-3-12(22)13(23)4-10/h2-6,9,15,18-20,27H,7-8H2,1H3,(H,24,25,26)/t15-,18+,19?,20?/m0/s1. The Morgan fingerprint density at radius 3 is 2.77 bits per heavy atom. The first-order valence-corrected chi connectivity index (χ1v) is 10.8. The maximum atomic E-state index is 9.94. The third-order valence-electron chi connectivity index (χ3n) is 5.36. The van der Waals surface area contributed by atoms with Crippen LogP contribution in [0.2, 0.25) is 5.02 Å². The largest absolute Gasteiger partial charge is 0.493 e. The molecule has 10 heteroatoms.